The van der Waals surface area contributed by atoms with Crippen LogP contribution in [0.15, 0.2) is 24.3 Å². The van der Waals surface area contributed by atoms with Gasteiger partial charge < -0.3 is 16.8 Å². The third-order valence-electron chi connectivity index (χ3n) is 2.00. The average Bonchev–Trinajstić information content (AvgIpc) is 2.17. The highest BCUT2D eigenvalue weighted by atomic mass is 32.1. The van der Waals surface area contributed by atoms with E-state index >= 15 is 0 Å². The molecule has 1 aromatic rings. The van der Waals surface area contributed by atoms with Crippen molar-refractivity contribution in [2.75, 3.05) is 6.54 Å². The maximum absolute atomic E-state index is 4.62. The van der Waals surface area contributed by atoms with Crippen molar-refractivity contribution in [2.24, 2.45) is 11.5 Å². The van der Waals surface area contributed by atoms with Crippen molar-refractivity contribution >= 4 is 17.3 Å². The molecule has 3 nitrogen and oxygen atoms in total. The quantitative estimate of drug-likeness (QED) is 0.545. The lowest BCUT2D eigenvalue weighted by Gasteiger charge is -2.15. The van der Waals surface area contributed by atoms with Crippen molar-refractivity contribution in [1.29, 1.82) is 0 Å². The second-order valence-corrected chi connectivity index (χ2v) is 3.57. The van der Waals surface area contributed by atoms with Crippen molar-refractivity contribution in [3.05, 3.63) is 35.4 Å². The van der Waals surface area contributed by atoms with Crippen LogP contribution in [-0.4, -0.2) is 11.7 Å². The smallest absolute Gasteiger partial charge is 0.160 e. The second kappa shape index (κ2) is 5.57. The van der Waals surface area contributed by atoms with Crippen LogP contribution in [-0.2, 0) is 13.0 Å². The molecule has 1 aromatic carbocycles. The molecular weight excluding hydrogens is 194 g/mol. The maximum atomic E-state index is 4.62. The molecule has 76 valence electrons. The fraction of sp³-hybridized carbons (Fsp3) is 0.300. The zero-order valence-corrected chi connectivity index (χ0v) is 8.81. The van der Waals surface area contributed by atoms with Crippen molar-refractivity contribution in [3.8, 4) is 0 Å². The van der Waals surface area contributed by atoms with E-state index < -0.39 is 0 Å². The van der Waals surface area contributed by atoms with Gasteiger partial charge >= 0.3 is 0 Å². The van der Waals surface area contributed by atoms with Crippen molar-refractivity contribution in [2.45, 2.75) is 13.0 Å². The Hall–Kier alpha value is -1.13. The first kappa shape index (κ1) is 10.9. The largest absolute Gasteiger partial charge is 0.377 e. The molecule has 0 radical (unpaired) electrons. The van der Waals surface area contributed by atoms with E-state index in [1.165, 1.54) is 17.5 Å². The minimum absolute atomic E-state index is 0.000000000000000222. The highest BCUT2D eigenvalue weighted by molar-refractivity contribution is 7.80. The molecule has 1 heterocycles. The molecule has 0 saturated carbocycles. The van der Waals surface area contributed by atoms with Crippen LogP contribution in [0.1, 0.15) is 11.1 Å². The van der Waals surface area contributed by atoms with Gasteiger partial charge in [-0.25, -0.2) is 0 Å². The summed E-state index contributed by atoms with van der Waals surface area (Å²) in [7, 11) is 0. The monoisotopic (exact) mass is 209 g/mol. The summed E-state index contributed by atoms with van der Waals surface area (Å²) >= 11 is 4.09. The number of thiocarbonyl (C=S) groups is 1. The van der Waals surface area contributed by atoms with Gasteiger partial charge in [-0.1, -0.05) is 24.3 Å². The predicted molar refractivity (Wildman–Crippen MR) is 62.8 cm³/mol. The average molecular weight is 209 g/mol. The van der Waals surface area contributed by atoms with Gasteiger partial charge in [0.25, 0.3) is 0 Å². The Balaban J connectivity index is 0.000000213. The molecular formula is C10H15N3S. The number of fused-ring (bicyclic) bond motifs is 1. The lowest BCUT2D eigenvalue weighted by atomic mass is 10.0. The third-order valence-corrected chi connectivity index (χ3v) is 2.00. The lowest BCUT2D eigenvalue weighted by Crippen LogP contribution is -2.23. The number of hydrogen-bond acceptors (Lipinski definition) is 2. The number of hydrogen-bond donors (Lipinski definition) is 3. The van der Waals surface area contributed by atoms with E-state index in [0.717, 1.165) is 13.1 Å². The lowest BCUT2D eigenvalue weighted by molar-refractivity contribution is 0.644. The molecule has 1 aliphatic rings. The van der Waals surface area contributed by atoms with Crippen LogP contribution in [0.4, 0.5) is 0 Å². The van der Waals surface area contributed by atoms with Crippen LogP contribution in [0.5, 0.6) is 0 Å². The molecule has 0 saturated heterocycles. The summed E-state index contributed by atoms with van der Waals surface area (Å²) in [5.41, 5.74) is 12.2. The van der Waals surface area contributed by atoms with E-state index in [-0.39, 0.29) is 5.11 Å². The third kappa shape index (κ3) is 3.72. The second-order valence-electron chi connectivity index (χ2n) is 3.10. The molecule has 5 N–H and O–H groups in total. The number of rotatable bonds is 0. The van der Waals surface area contributed by atoms with Crippen LogP contribution in [0, 0.1) is 0 Å². The van der Waals surface area contributed by atoms with E-state index in [2.05, 4.69) is 53.3 Å². The van der Waals surface area contributed by atoms with Gasteiger partial charge in [-0.3, -0.25) is 0 Å². The topological polar surface area (TPSA) is 64.1 Å². The van der Waals surface area contributed by atoms with E-state index in [4.69, 9.17) is 0 Å². The van der Waals surface area contributed by atoms with Gasteiger partial charge in [0, 0.05) is 6.54 Å². The summed E-state index contributed by atoms with van der Waals surface area (Å²) in [5, 5.41) is 3.34. The van der Waals surface area contributed by atoms with Gasteiger partial charge in [0.05, 0.1) is 0 Å². The summed E-state index contributed by atoms with van der Waals surface area (Å²) < 4.78 is 0. The van der Waals surface area contributed by atoms with Crippen LogP contribution in [0.25, 0.3) is 0 Å². The summed E-state index contributed by atoms with van der Waals surface area (Å²) in [5.74, 6) is 0. The number of nitrogens with two attached hydrogens (primary N) is 2. The number of nitrogens with one attached hydrogen (secondary N) is 1. The first-order valence-electron chi connectivity index (χ1n) is 4.52. The zero-order chi connectivity index (χ0) is 10.4. The molecule has 0 spiro atoms. The molecule has 0 amide bonds. The molecule has 0 aliphatic carbocycles. The summed E-state index contributed by atoms with van der Waals surface area (Å²) in [6.45, 7) is 2.19. The summed E-state index contributed by atoms with van der Waals surface area (Å²) in [6.07, 6.45) is 1.19. The van der Waals surface area contributed by atoms with Crippen LogP contribution < -0.4 is 16.8 Å². The Kier molecular flexibility index (Phi) is 4.35. The van der Waals surface area contributed by atoms with Crippen LogP contribution in [0.3, 0.4) is 0 Å². The molecule has 14 heavy (non-hydrogen) atoms. The standard InChI is InChI=1S/C9H11N.CH4N2S/c1-2-4-9-7-10-6-5-8(9)3-1;2-1(3)4/h1-4,10H,5-7H2;(H4,2,3,4). The normalized spacial score (nSPS) is 13.4. The number of benzene rings is 1. The highest BCUT2D eigenvalue weighted by Gasteiger charge is 2.05. The van der Waals surface area contributed by atoms with E-state index in [1.54, 1.807) is 0 Å². The Morgan fingerprint density at radius 3 is 2.36 bits per heavy atom. The minimum atomic E-state index is 0.000000000000000222. The predicted octanol–water partition coefficient (Wildman–Crippen LogP) is 0.521. The zero-order valence-electron chi connectivity index (χ0n) is 7.99. The van der Waals surface area contributed by atoms with Gasteiger partial charge in [-0.2, -0.15) is 0 Å². The van der Waals surface area contributed by atoms with Crippen molar-refractivity contribution in [1.82, 2.24) is 5.32 Å². The first-order valence-corrected chi connectivity index (χ1v) is 4.93. The van der Waals surface area contributed by atoms with Crippen molar-refractivity contribution < 1.29 is 0 Å². The fourth-order valence-corrected chi connectivity index (χ4v) is 1.42. The van der Waals surface area contributed by atoms with Crippen LogP contribution >= 0.6 is 12.2 Å². The first-order chi connectivity index (χ1) is 6.70. The SMILES string of the molecule is NC(N)=S.c1ccc2c(c1)CCNC2. The van der Waals surface area contributed by atoms with Gasteiger partial charge in [0.15, 0.2) is 5.11 Å². The molecule has 0 aromatic heterocycles. The Labute approximate surface area is 89.5 Å². The molecule has 0 unspecified atom stereocenters. The molecule has 2 rings (SSSR count). The Morgan fingerprint density at radius 2 is 1.79 bits per heavy atom. The van der Waals surface area contributed by atoms with E-state index in [0.29, 0.717) is 0 Å². The van der Waals surface area contributed by atoms with E-state index in [9.17, 15) is 0 Å². The maximum Gasteiger partial charge on any atom is 0.160 e. The van der Waals surface area contributed by atoms with Gasteiger partial charge in [-0.15, -0.1) is 0 Å². The molecule has 0 bridgehead atoms. The van der Waals surface area contributed by atoms with Gasteiger partial charge in [0.2, 0.25) is 0 Å². The Morgan fingerprint density at radius 1 is 1.21 bits per heavy atom. The van der Waals surface area contributed by atoms with Gasteiger partial charge in [0.1, 0.15) is 0 Å². The Bertz CT molecular complexity index is 283. The summed E-state index contributed by atoms with van der Waals surface area (Å²) in [6, 6.07) is 8.63. The molecule has 4 heteroatoms. The van der Waals surface area contributed by atoms with Crippen LogP contribution in [0.2, 0.25) is 0 Å². The fourth-order valence-electron chi connectivity index (χ4n) is 1.42. The van der Waals surface area contributed by atoms with E-state index in [1.807, 2.05) is 0 Å². The highest BCUT2D eigenvalue weighted by Crippen LogP contribution is 2.11. The minimum Gasteiger partial charge on any atom is -0.377 e. The summed E-state index contributed by atoms with van der Waals surface area (Å²) in [4.78, 5) is 0. The van der Waals surface area contributed by atoms with Crippen molar-refractivity contribution in [3.63, 3.8) is 0 Å². The molecule has 1 aliphatic heterocycles. The molecule has 0 atom stereocenters. The van der Waals surface area contributed by atoms with Gasteiger partial charge in [-0.05, 0) is 36.3 Å². The molecule has 0 fully saturated rings.